The maximum Gasteiger partial charge on any atom is 0.307 e. The number of ether oxygens (including phenoxy) is 1. The van der Waals surface area contributed by atoms with Gasteiger partial charge in [0.1, 0.15) is 17.1 Å². The molecular weight excluding hydrogens is 237 g/mol. The third kappa shape index (κ3) is 2.25. The third-order valence-electron chi connectivity index (χ3n) is 2.59. The molecule has 18 heavy (non-hydrogen) atoms. The van der Waals surface area contributed by atoms with Crippen LogP contribution in [0, 0.1) is 12.7 Å². The Balaban J connectivity index is 2.70. The van der Waals surface area contributed by atoms with E-state index in [-0.39, 0.29) is 11.9 Å². The Morgan fingerprint density at radius 3 is 2.78 bits per heavy atom. The first-order chi connectivity index (χ1) is 8.51. The zero-order chi connectivity index (χ0) is 13.3. The van der Waals surface area contributed by atoms with Crippen molar-refractivity contribution < 1.29 is 19.0 Å². The van der Waals surface area contributed by atoms with E-state index in [1.165, 1.54) is 13.2 Å². The van der Waals surface area contributed by atoms with Crippen molar-refractivity contribution in [3.63, 3.8) is 0 Å². The highest BCUT2D eigenvalue weighted by atomic mass is 19.1. The van der Waals surface area contributed by atoms with Crippen molar-refractivity contribution in [1.82, 2.24) is 4.98 Å². The minimum Gasteiger partial charge on any atom is -0.496 e. The number of benzene rings is 1. The second-order valence-corrected chi connectivity index (χ2v) is 4.01. The molecule has 0 bridgehead atoms. The van der Waals surface area contributed by atoms with Gasteiger partial charge in [-0.15, -0.1) is 0 Å². The smallest absolute Gasteiger partial charge is 0.307 e. The standard InChI is InChI=1S/C13H12FNO3/c1-7-3-11(18-2)9-4-8(6-12(16)17)5-10(14)13(9)15-7/h3-5H,6H2,1-2H3,(H,16,17). The molecule has 2 aromatic rings. The normalized spacial score (nSPS) is 10.6. The summed E-state index contributed by atoms with van der Waals surface area (Å²) in [7, 11) is 1.48. The van der Waals surface area contributed by atoms with Gasteiger partial charge in [0.2, 0.25) is 0 Å². The number of carbonyl (C=O) groups is 1. The molecule has 4 nitrogen and oxygen atoms in total. The molecule has 0 atom stereocenters. The number of methoxy groups -OCH3 is 1. The highest BCUT2D eigenvalue weighted by Gasteiger charge is 2.12. The number of carboxylic acid groups (broad SMARTS) is 1. The van der Waals surface area contributed by atoms with Gasteiger partial charge >= 0.3 is 5.97 Å². The summed E-state index contributed by atoms with van der Waals surface area (Å²) in [6.45, 7) is 1.74. The van der Waals surface area contributed by atoms with Crippen LogP contribution in [0.1, 0.15) is 11.3 Å². The van der Waals surface area contributed by atoms with Gasteiger partial charge in [-0.05, 0) is 24.6 Å². The van der Waals surface area contributed by atoms with Crippen molar-refractivity contribution in [3.05, 3.63) is 35.3 Å². The lowest BCUT2D eigenvalue weighted by Gasteiger charge is -2.09. The molecule has 2 rings (SSSR count). The van der Waals surface area contributed by atoms with Gasteiger partial charge in [-0.3, -0.25) is 4.79 Å². The molecule has 0 saturated heterocycles. The fourth-order valence-corrected chi connectivity index (χ4v) is 1.88. The number of aromatic nitrogens is 1. The SMILES string of the molecule is COc1cc(C)nc2c(F)cc(CC(=O)O)cc12. The molecule has 0 amide bonds. The monoisotopic (exact) mass is 249 g/mol. The van der Waals surface area contributed by atoms with E-state index in [2.05, 4.69) is 4.98 Å². The molecule has 1 aromatic heterocycles. The summed E-state index contributed by atoms with van der Waals surface area (Å²) in [6.07, 6.45) is -0.232. The molecule has 5 heteroatoms. The van der Waals surface area contributed by atoms with Crippen LogP contribution in [0.25, 0.3) is 10.9 Å². The molecule has 0 radical (unpaired) electrons. The van der Waals surface area contributed by atoms with Crippen LogP contribution in [0.3, 0.4) is 0 Å². The van der Waals surface area contributed by atoms with Crippen LogP contribution < -0.4 is 4.74 Å². The fraction of sp³-hybridized carbons (Fsp3) is 0.231. The number of pyridine rings is 1. The summed E-state index contributed by atoms with van der Waals surface area (Å²) in [5, 5.41) is 9.22. The average Bonchev–Trinajstić information content (AvgIpc) is 2.28. The minimum absolute atomic E-state index is 0.195. The number of hydrogen-bond donors (Lipinski definition) is 1. The summed E-state index contributed by atoms with van der Waals surface area (Å²) >= 11 is 0. The topological polar surface area (TPSA) is 59.4 Å². The zero-order valence-electron chi connectivity index (χ0n) is 10.0. The summed E-state index contributed by atoms with van der Waals surface area (Å²) in [6, 6.07) is 4.48. The summed E-state index contributed by atoms with van der Waals surface area (Å²) in [4.78, 5) is 14.8. The van der Waals surface area contributed by atoms with E-state index in [9.17, 15) is 9.18 Å². The van der Waals surface area contributed by atoms with E-state index in [1.54, 1.807) is 19.1 Å². The van der Waals surface area contributed by atoms with Crippen molar-refractivity contribution in [2.75, 3.05) is 7.11 Å². The van der Waals surface area contributed by atoms with E-state index in [0.717, 1.165) is 0 Å². The fourth-order valence-electron chi connectivity index (χ4n) is 1.88. The maximum atomic E-state index is 13.9. The number of halogens is 1. The number of hydrogen-bond acceptors (Lipinski definition) is 3. The number of carboxylic acids is 1. The van der Waals surface area contributed by atoms with E-state index >= 15 is 0 Å². The number of aryl methyl sites for hydroxylation is 1. The maximum absolute atomic E-state index is 13.9. The van der Waals surface area contributed by atoms with E-state index in [4.69, 9.17) is 9.84 Å². The minimum atomic E-state index is -1.01. The molecule has 1 heterocycles. The number of nitrogens with zero attached hydrogens (tertiary/aromatic N) is 1. The van der Waals surface area contributed by atoms with Gasteiger partial charge in [0, 0.05) is 17.1 Å². The molecule has 0 aliphatic carbocycles. The van der Waals surface area contributed by atoms with Gasteiger partial charge < -0.3 is 9.84 Å². The van der Waals surface area contributed by atoms with Crippen molar-refractivity contribution in [2.24, 2.45) is 0 Å². The van der Waals surface area contributed by atoms with Gasteiger partial charge in [0.05, 0.1) is 13.5 Å². The average molecular weight is 249 g/mol. The van der Waals surface area contributed by atoms with Crippen LogP contribution >= 0.6 is 0 Å². The Hall–Kier alpha value is -2.17. The van der Waals surface area contributed by atoms with E-state index in [1.807, 2.05) is 0 Å². The molecule has 0 aliphatic heterocycles. The van der Waals surface area contributed by atoms with Gasteiger partial charge in [0.15, 0.2) is 0 Å². The predicted octanol–water partition coefficient (Wildman–Crippen LogP) is 2.32. The van der Waals surface area contributed by atoms with E-state index < -0.39 is 11.8 Å². The first-order valence-electron chi connectivity index (χ1n) is 5.37. The predicted molar refractivity (Wildman–Crippen MR) is 64.3 cm³/mol. The number of fused-ring (bicyclic) bond motifs is 1. The Morgan fingerprint density at radius 1 is 1.44 bits per heavy atom. The quantitative estimate of drug-likeness (QED) is 0.906. The first-order valence-corrected chi connectivity index (χ1v) is 5.37. The first kappa shape index (κ1) is 12.3. The van der Waals surface area contributed by atoms with Crippen LogP contribution in [0.4, 0.5) is 4.39 Å². The van der Waals surface area contributed by atoms with Crippen molar-refractivity contribution in [1.29, 1.82) is 0 Å². The van der Waals surface area contributed by atoms with Gasteiger partial charge in [0.25, 0.3) is 0 Å². The third-order valence-corrected chi connectivity index (χ3v) is 2.59. The Labute approximate surface area is 103 Å². The van der Waals surface area contributed by atoms with Crippen molar-refractivity contribution in [2.45, 2.75) is 13.3 Å². The Bertz CT molecular complexity index is 625. The zero-order valence-corrected chi connectivity index (χ0v) is 10.0. The Kier molecular flexibility index (Phi) is 3.14. The molecule has 0 unspecified atom stereocenters. The highest BCUT2D eigenvalue weighted by Crippen LogP contribution is 2.28. The van der Waals surface area contributed by atoms with Crippen LogP contribution in [0.15, 0.2) is 18.2 Å². The molecule has 0 fully saturated rings. The van der Waals surface area contributed by atoms with Crippen molar-refractivity contribution in [3.8, 4) is 5.75 Å². The van der Waals surface area contributed by atoms with Crippen LogP contribution in [0.5, 0.6) is 5.75 Å². The summed E-state index contributed by atoms with van der Waals surface area (Å²) in [5.41, 5.74) is 1.22. The van der Waals surface area contributed by atoms with Crippen LogP contribution in [-0.2, 0) is 11.2 Å². The molecule has 0 saturated carbocycles. The second kappa shape index (κ2) is 4.60. The molecule has 0 spiro atoms. The largest absolute Gasteiger partial charge is 0.496 e. The molecule has 1 aromatic carbocycles. The molecule has 0 aliphatic rings. The lowest BCUT2D eigenvalue weighted by molar-refractivity contribution is -0.136. The van der Waals surface area contributed by atoms with Crippen molar-refractivity contribution >= 4 is 16.9 Å². The van der Waals surface area contributed by atoms with Gasteiger partial charge in [-0.2, -0.15) is 0 Å². The van der Waals surface area contributed by atoms with Crippen LogP contribution in [0.2, 0.25) is 0 Å². The molecular formula is C13H12FNO3. The lowest BCUT2D eigenvalue weighted by atomic mass is 10.1. The number of aliphatic carboxylic acids is 1. The second-order valence-electron chi connectivity index (χ2n) is 4.01. The Morgan fingerprint density at radius 2 is 2.17 bits per heavy atom. The highest BCUT2D eigenvalue weighted by molar-refractivity contribution is 5.87. The lowest BCUT2D eigenvalue weighted by Crippen LogP contribution is -2.02. The van der Waals surface area contributed by atoms with Gasteiger partial charge in [-0.25, -0.2) is 9.37 Å². The van der Waals surface area contributed by atoms with Crippen LogP contribution in [-0.4, -0.2) is 23.2 Å². The summed E-state index contributed by atoms with van der Waals surface area (Å²) in [5.74, 6) is -1.05. The molecule has 1 N–H and O–H groups in total. The molecule has 94 valence electrons. The van der Waals surface area contributed by atoms with Gasteiger partial charge in [-0.1, -0.05) is 0 Å². The summed E-state index contributed by atoms with van der Waals surface area (Å²) < 4.78 is 19.1. The van der Waals surface area contributed by atoms with E-state index in [0.29, 0.717) is 22.4 Å². The number of rotatable bonds is 3.